The summed E-state index contributed by atoms with van der Waals surface area (Å²) in [4.78, 5) is 28.3. The lowest BCUT2D eigenvalue weighted by Gasteiger charge is -2.40. The number of likely N-dealkylation sites (tertiary alicyclic amines) is 1. The summed E-state index contributed by atoms with van der Waals surface area (Å²) in [6.07, 6.45) is 3.81. The molecule has 200 valence electrons. The van der Waals surface area contributed by atoms with Crippen LogP contribution in [-0.4, -0.2) is 63.8 Å². The van der Waals surface area contributed by atoms with Gasteiger partial charge in [0.15, 0.2) is 0 Å². The standard InChI is InChI=1S/C25H29FN6O2S.2ClH/c1-25(28-13-16-3-5-20-24(29-16)30-21(33)15-35-20)8-11-32(12-9-25)10-7-17-18(26)14-27-19-4-6-22(34-2)31-23(17)19;;/h3-6,14,28H,7-13,15H2,1-2H3,(H,29,30,33);2*1H. The summed E-state index contributed by atoms with van der Waals surface area (Å²) in [6.45, 7) is 5.50. The number of nitrogens with one attached hydrogen (secondary N) is 2. The monoisotopic (exact) mass is 568 g/mol. The first-order chi connectivity index (χ1) is 16.9. The Bertz CT molecular complexity index is 1260. The summed E-state index contributed by atoms with van der Waals surface area (Å²) in [5.74, 6) is 1.23. The van der Waals surface area contributed by atoms with Gasteiger partial charge >= 0.3 is 0 Å². The van der Waals surface area contributed by atoms with Crippen LogP contribution in [0.3, 0.4) is 0 Å². The number of halogens is 3. The Kier molecular flexibility index (Phi) is 9.93. The molecule has 3 aromatic heterocycles. The number of thioether (sulfide) groups is 1. The van der Waals surface area contributed by atoms with Gasteiger partial charge in [-0.2, -0.15) is 0 Å². The molecule has 1 amide bonds. The highest BCUT2D eigenvalue weighted by molar-refractivity contribution is 8.00. The molecule has 3 aromatic rings. The highest BCUT2D eigenvalue weighted by Gasteiger charge is 2.30. The molecule has 0 spiro atoms. The Hall–Kier alpha value is -2.24. The minimum Gasteiger partial charge on any atom is -0.481 e. The van der Waals surface area contributed by atoms with E-state index in [2.05, 4.69) is 37.4 Å². The molecule has 2 N–H and O–H groups in total. The van der Waals surface area contributed by atoms with Crippen molar-refractivity contribution in [2.45, 2.75) is 43.2 Å². The third kappa shape index (κ3) is 6.80. The number of piperidine rings is 1. The number of methoxy groups -OCH3 is 1. The van der Waals surface area contributed by atoms with Gasteiger partial charge in [-0.15, -0.1) is 36.6 Å². The molecule has 0 aromatic carbocycles. The molecular weight excluding hydrogens is 538 g/mol. The number of fused-ring (bicyclic) bond motifs is 2. The smallest absolute Gasteiger partial charge is 0.235 e. The minimum atomic E-state index is -0.325. The fourth-order valence-electron chi connectivity index (χ4n) is 4.55. The molecule has 2 aliphatic rings. The summed E-state index contributed by atoms with van der Waals surface area (Å²) in [5.41, 5.74) is 2.74. The zero-order chi connectivity index (χ0) is 24.4. The molecule has 1 saturated heterocycles. The number of hydrogen-bond donors (Lipinski definition) is 2. The number of nitrogens with zero attached hydrogens (tertiary/aromatic N) is 4. The van der Waals surface area contributed by atoms with Crippen LogP contribution in [0.4, 0.5) is 10.2 Å². The molecule has 37 heavy (non-hydrogen) atoms. The summed E-state index contributed by atoms with van der Waals surface area (Å²) in [5, 5.41) is 6.53. The van der Waals surface area contributed by atoms with Crippen molar-refractivity contribution < 1.29 is 13.9 Å². The van der Waals surface area contributed by atoms with Gasteiger partial charge in [0.2, 0.25) is 11.8 Å². The van der Waals surface area contributed by atoms with Gasteiger partial charge in [0.1, 0.15) is 11.6 Å². The maximum absolute atomic E-state index is 14.6. The van der Waals surface area contributed by atoms with E-state index in [0.717, 1.165) is 43.1 Å². The fourth-order valence-corrected chi connectivity index (χ4v) is 5.31. The van der Waals surface area contributed by atoms with Crippen LogP contribution in [0.5, 0.6) is 5.88 Å². The van der Waals surface area contributed by atoms with Crippen LogP contribution in [0, 0.1) is 5.82 Å². The van der Waals surface area contributed by atoms with Crippen molar-refractivity contribution in [2.24, 2.45) is 0 Å². The van der Waals surface area contributed by atoms with E-state index >= 15 is 0 Å². The third-order valence-electron chi connectivity index (χ3n) is 6.82. The van der Waals surface area contributed by atoms with Crippen molar-refractivity contribution in [1.82, 2.24) is 25.2 Å². The Morgan fingerprint density at radius 2 is 1.97 bits per heavy atom. The predicted octanol–water partition coefficient (Wildman–Crippen LogP) is 4.25. The molecular formula is C25H31Cl2FN6O2S. The number of aromatic nitrogens is 3. The van der Waals surface area contributed by atoms with E-state index in [9.17, 15) is 9.18 Å². The number of carbonyl (C=O) groups excluding carboxylic acids is 1. The molecule has 1 fully saturated rings. The number of carbonyl (C=O) groups is 1. The van der Waals surface area contributed by atoms with Gasteiger partial charge in [0.25, 0.3) is 0 Å². The molecule has 0 bridgehead atoms. The number of anilines is 1. The molecule has 0 radical (unpaired) electrons. The van der Waals surface area contributed by atoms with Crippen LogP contribution >= 0.6 is 36.6 Å². The second-order valence-corrected chi connectivity index (χ2v) is 10.3. The lowest BCUT2D eigenvalue weighted by atomic mass is 9.89. The zero-order valence-electron chi connectivity index (χ0n) is 20.8. The average Bonchev–Trinajstić information content (AvgIpc) is 2.87. The topological polar surface area (TPSA) is 92.3 Å². The quantitative estimate of drug-likeness (QED) is 0.437. The molecule has 8 nitrogen and oxygen atoms in total. The van der Waals surface area contributed by atoms with Gasteiger partial charge in [0.05, 0.1) is 40.7 Å². The lowest BCUT2D eigenvalue weighted by molar-refractivity contribution is -0.113. The Balaban J connectivity index is 0.00000190. The van der Waals surface area contributed by atoms with Crippen LogP contribution in [0.2, 0.25) is 0 Å². The number of hydrogen-bond acceptors (Lipinski definition) is 8. The number of rotatable bonds is 7. The van der Waals surface area contributed by atoms with Crippen molar-refractivity contribution in [3.8, 4) is 5.88 Å². The normalized spacial score (nSPS) is 16.8. The molecule has 5 rings (SSSR count). The van der Waals surface area contributed by atoms with E-state index in [1.165, 1.54) is 18.0 Å². The molecule has 2 aliphatic heterocycles. The predicted molar refractivity (Wildman–Crippen MR) is 149 cm³/mol. The van der Waals surface area contributed by atoms with Crippen LogP contribution in [0.15, 0.2) is 35.4 Å². The first-order valence-corrected chi connectivity index (χ1v) is 12.8. The van der Waals surface area contributed by atoms with Crippen LogP contribution in [0.25, 0.3) is 11.0 Å². The van der Waals surface area contributed by atoms with Crippen molar-refractivity contribution in [3.05, 3.63) is 47.5 Å². The van der Waals surface area contributed by atoms with Gasteiger partial charge in [-0.3, -0.25) is 9.78 Å². The first-order valence-electron chi connectivity index (χ1n) is 11.8. The summed E-state index contributed by atoms with van der Waals surface area (Å²) in [6, 6.07) is 7.60. The Morgan fingerprint density at radius 3 is 2.73 bits per heavy atom. The lowest BCUT2D eigenvalue weighted by Crippen LogP contribution is -2.51. The number of pyridine rings is 3. The molecule has 0 saturated carbocycles. The molecule has 5 heterocycles. The Morgan fingerprint density at radius 1 is 1.19 bits per heavy atom. The molecule has 0 unspecified atom stereocenters. The van der Waals surface area contributed by atoms with Gasteiger partial charge in [-0.25, -0.2) is 14.4 Å². The molecule has 0 aliphatic carbocycles. The number of ether oxygens (including phenoxy) is 1. The van der Waals surface area contributed by atoms with Gasteiger partial charge in [-0.1, -0.05) is 0 Å². The second-order valence-electron chi connectivity index (χ2n) is 9.30. The maximum Gasteiger partial charge on any atom is 0.235 e. The van der Waals surface area contributed by atoms with Crippen molar-refractivity contribution in [1.29, 1.82) is 0 Å². The van der Waals surface area contributed by atoms with Crippen molar-refractivity contribution >= 4 is 59.3 Å². The van der Waals surface area contributed by atoms with E-state index in [1.807, 2.05) is 18.2 Å². The highest BCUT2D eigenvalue weighted by atomic mass is 35.5. The summed E-state index contributed by atoms with van der Waals surface area (Å²) >= 11 is 1.52. The van der Waals surface area contributed by atoms with Crippen molar-refractivity contribution in [3.63, 3.8) is 0 Å². The SMILES string of the molecule is COc1ccc2ncc(F)c(CCN3CCC(C)(NCc4ccc5c(n4)NC(=O)CS5)CC3)c2n1.Cl.Cl. The van der Waals surface area contributed by atoms with Crippen LogP contribution in [0.1, 0.15) is 31.0 Å². The summed E-state index contributed by atoms with van der Waals surface area (Å²) < 4.78 is 19.8. The average molecular weight is 570 g/mol. The molecule has 12 heteroatoms. The van der Waals surface area contributed by atoms with Gasteiger partial charge in [0, 0.05) is 30.3 Å². The van der Waals surface area contributed by atoms with E-state index in [-0.39, 0.29) is 42.1 Å². The van der Waals surface area contributed by atoms with E-state index < -0.39 is 0 Å². The fraction of sp³-hybridized carbons (Fsp3) is 0.440. The van der Waals surface area contributed by atoms with Gasteiger partial charge in [-0.05, 0) is 57.5 Å². The maximum atomic E-state index is 14.6. The highest BCUT2D eigenvalue weighted by Crippen LogP contribution is 2.30. The first kappa shape index (κ1) is 29.3. The minimum absolute atomic E-state index is 0. The van der Waals surface area contributed by atoms with Gasteiger partial charge < -0.3 is 20.3 Å². The third-order valence-corrected chi connectivity index (χ3v) is 7.86. The second kappa shape index (κ2) is 12.5. The summed E-state index contributed by atoms with van der Waals surface area (Å²) in [7, 11) is 1.55. The van der Waals surface area contributed by atoms with Crippen LogP contribution < -0.4 is 15.4 Å². The van der Waals surface area contributed by atoms with E-state index in [1.54, 1.807) is 13.2 Å². The van der Waals surface area contributed by atoms with Crippen LogP contribution in [-0.2, 0) is 17.8 Å². The zero-order valence-corrected chi connectivity index (χ0v) is 23.2. The van der Waals surface area contributed by atoms with E-state index in [0.29, 0.717) is 47.0 Å². The molecule has 0 atom stereocenters. The van der Waals surface area contributed by atoms with E-state index in [4.69, 9.17) is 4.74 Å². The number of amides is 1. The largest absolute Gasteiger partial charge is 0.481 e. The van der Waals surface area contributed by atoms with Crippen molar-refractivity contribution in [2.75, 3.05) is 37.8 Å². The Labute approximate surface area is 232 Å².